The Morgan fingerprint density at radius 1 is 1.08 bits per heavy atom. The standard InChI is InChI=1S/C20H26N6/c1-14-8-7-9-15(12-14)22-17-16-13-21-26(20(2,3)4)18(16)24-19(23-17)25-10-5-6-11-25/h7-9,12-13H,5-6,10-11H2,1-4H3,(H,22,23,24). The summed E-state index contributed by atoms with van der Waals surface area (Å²) in [4.78, 5) is 12.0. The number of benzene rings is 1. The largest absolute Gasteiger partial charge is 0.341 e. The smallest absolute Gasteiger partial charge is 0.229 e. The van der Waals surface area contributed by atoms with E-state index in [0.29, 0.717) is 0 Å². The van der Waals surface area contributed by atoms with Crippen LogP contribution in [0.15, 0.2) is 30.5 Å². The molecule has 0 bridgehead atoms. The van der Waals surface area contributed by atoms with Gasteiger partial charge in [-0.3, -0.25) is 0 Å². The molecule has 0 unspecified atom stereocenters. The molecular formula is C20H26N6. The summed E-state index contributed by atoms with van der Waals surface area (Å²) in [7, 11) is 0. The summed E-state index contributed by atoms with van der Waals surface area (Å²) in [6.07, 6.45) is 4.26. The number of nitrogens with one attached hydrogen (secondary N) is 1. The number of hydrogen-bond donors (Lipinski definition) is 1. The average molecular weight is 350 g/mol. The molecule has 1 fully saturated rings. The molecular weight excluding hydrogens is 324 g/mol. The van der Waals surface area contributed by atoms with Crippen LogP contribution in [0.1, 0.15) is 39.2 Å². The molecule has 6 nitrogen and oxygen atoms in total. The normalized spacial score (nSPS) is 15.0. The lowest BCUT2D eigenvalue weighted by molar-refractivity contribution is 0.366. The maximum absolute atomic E-state index is 4.88. The van der Waals surface area contributed by atoms with E-state index in [2.05, 4.69) is 67.3 Å². The van der Waals surface area contributed by atoms with E-state index in [0.717, 1.165) is 41.6 Å². The van der Waals surface area contributed by atoms with E-state index in [1.165, 1.54) is 18.4 Å². The van der Waals surface area contributed by atoms with Crippen LogP contribution in [-0.2, 0) is 5.54 Å². The minimum atomic E-state index is -0.140. The van der Waals surface area contributed by atoms with Gasteiger partial charge in [-0.1, -0.05) is 12.1 Å². The predicted octanol–water partition coefficient (Wildman–Crippen LogP) is 4.23. The van der Waals surface area contributed by atoms with Crippen molar-refractivity contribution in [3.05, 3.63) is 36.0 Å². The summed E-state index contributed by atoms with van der Waals surface area (Å²) in [6, 6.07) is 8.33. The molecule has 0 radical (unpaired) electrons. The Hall–Kier alpha value is -2.63. The summed E-state index contributed by atoms with van der Waals surface area (Å²) in [6.45, 7) is 10.5. The van der Waals surface area contributed by atoms with Gasteiger partial charge in [0.15, 0.2) is 5.65 Å². The fraction of sp³-hybridized carbons (Fsp3) is 0.450. The van der Waals surface area contributed by atoms with Gasteiger partial charge in [0, 0.05) is 18.8 Å². The van der Waals surface area contributed by atoms with Crippen LogP contribution in [0, 0.1) is 6.92 Å². The molecule has 4 rings (SSSR count). The van der Waals surface area contributed by atoms with Crippen LogP contribution in [0.5, 0.6) is 0 Å². The molecule has 3 aromatic rings. The van der Waals surface area contributed by atoms with E-state index in [9.17, 15) is 0 Å². The Morgan fingerprint density at radius 2 is 1.85 bits per heavy atom. The number of hydrogen-bond acceptors (Lipinski definition) is 5. The summed E-state index contributed by atoms with van der Waals surface area (Å²) in [5.41, 5.74) is 2.98. The molecule has 1 N–H and O–H groups in total. The zero-order chi connectivity index (χ0) is 18.3. The fourth-order valence-electron chi connectivity index (χ4n) is 3.40. The highest BCUT2D eigenvalue weighted by Crippen LogP contribution is 2.30. The summed E-state index contributed by atoms with van der Waals surface area (Å²) in [5.74, 6) is 1.61. The monoisotopic (exact) mass is 350 g/mol. The first-order valence-electron chi connectivity index (χ1n) is 9.27. The van der Waals surface area contributed by atoms with Crippen LogP contribution in [0.25, 0.3) is 11.0 Å². The van der Waals surface area contributed by atoms with Gasteiger partial charge < -0.3 is 10.2 Å². The van der Waals surface area contributed by atoms with Gasteiger partial charge in [-0.15, -0.1) is 0 Å². The molecule has 2 aromatic heterocycles. The lowest BCUT2D eigenvalue weighted by Gasteiger charge is -2.21. The van der Waals surface area contributed by atoms with Gasteiger partial charge in [-0.05, 0) is 58.2 Å². The lowest BCUT2D eigenvalue weighted by atomic mass is 10.1. The van der Waals surface area contributed by atoms with Crippen LogP contribution in [0.2, 0.25) is 0 Å². The van der Waals surface area contributed by atoms with Gasteiger partial charge in [0.1, 0.15) is 5.82 Å². The minimum Gasteiger partial charge on any atom is -0.341 e. The van der Waals surface area contributed by atoms with Crippen molar-refractivity contribution >= 4 is 28.5 Å². The first-order chi connectivity index (χ1) is 12.4. The maximum atomic E-state index is 4.88. The van der Waals surface area contributed by atoms with Gasteiger partial charge in [0.2, 0.25) is 5.95 Å². The van der Waals surface area contributed by atoms with Crippen molar-refractivity contribution in [2.45, 2.75) is 46.1 Å². The van der Waals surface area contributed by atoms with Crippen molar-refractivity contribution in [1.29, 1.82) is 0 Å². The summed E-state index contributed by atoms with van der Waals surface area (Å²) >= 11 is 0. The summed E-state index contributed by atoms with van der Waals surface area (Å²) < 4.78 is 1.99. The summed E-state index contributed by atoms with van der Waals surface area (Å²) in [5, 5.41) is 9.04. The van der Waals surface area contributed by atoms with Crippen molar-refractivity contribution in [2.24, 2.45) is 0 Å². The number of anilines is 3. The highest BCUT2D eigenvalue weighted by atomic mass is 15.4. The Morgan fingerprint density at radius 3 is 2.54 bits per heavy atom. The second-order valence-corrected chi connectivity index (χ2v) is 8.03. The molecule has 0 spiro atoms. The zero-order valence-corrected chi connectivity index (χ0v) is 16.0. The minimum absolute atomic E-state index is 0.140. The van der Waals surface area contributed by atoms with Crippen molar-refractivity contribution in [3.8, 4) is 0 Å². The molecule has 136 valence electrons. The predicted molar refractivity (Wildman–Crippen MR) is 106 cm³/mol. The van der Waals surface area contributed by atoms with Gasteiger partial charge in [0.25, 0.3) is 0 Å². The van der Waals surface area contributed by atoms with E-state index in [-0.39, 0.29) is 5.54 Å². The molecule has 0 atom stereocenters. The fourth-order valence-corrected chi connectivity index (χ4v) is 3.40. The molecule has 0 saturated carbocycles. The van der Waals surface area contributed by atoms with Crippen LogP contribution >= 0.6 is 0 Å². The molecule has 26 heavy (non-hydrogen) atoms. The van der Waals surface area contributed by atoms with Crippen LogP contribution in [-0.4, -0.2) is 32.8 Å². The van der Waals surface area contributed by atoms with Crippen LogP contribution in [0.3, 0.4) is 0 Å². The molecule has 1 saturated heterocycles. The number of aromatic nitrogens is 4. The number of rotatable bonds is 3. The Bertz CT molecular complexity index is 931. The quantitative estimate of drug-likeness (QED) is 0.766. The molecule has 1 aliphatic heterocycles. The highest BCUT2D eigenvalue weighted by molar-refractivity contribution is 5.89. The number of fused-ring (bicyclic) bond motifs is 1. The Labute approximate surface area is 154 Å². The molecule has 0 amide bonds. The van der Waals surface area contributed by atoms with E-state index in [1.54, 1.807) is 0 Å². The van der Waals surface area contributed by atoms with E-state index >= 15 is 0 Å². The van der Waals surface area contributed by atoms with Crippen LogP contribution in [0.4, 0.5) is 17.5 Å². The lowest BCUT2D eigenvalue weighted by Crippen LogP contribution is -2.25. The zero-order valence-electron chi connectivity index (χ0n) is 16.0. The SMILES string of the molecule is Cc1cccc(Nc2nc(N3CCCC3)nc3c2cnn3C(C)(C)C)c1. The maximum Gasteiger partial charge on any atom is 0.229 e. The second kappa shape index (κ2) is 6.27. The third-order valence-corrected chi connectivity index (χ3v) is 4.72. The third-order valence-electron chi connectivity index (χ3n) is 4.72. The first-order valence-corrected chi connectivity index (χ1v) is 9.27. The van der Waals surface area contributed by atoms with Crippen molar-refractivity contribution in [1.82, 2.24) is 19.7 Å². The molecule has 1 aliphatic rings. The van der Waals surface area contributed by atoms with Crippen LogP contribution < -0.4 is 10.2 Å². The Balaban J connectivity index is 1.85. The molecule has 3 heterocycles. The van der Waals surface area contributed by atoms with E-state index in [1.807, 2.05) is 10.9 Å². The molecule has 6 heteroatoms. The second-order valence-electron chi connectivity index (χ2n) is 8.03. The van der Waals surface area contributed by atoms with Gasteiger partial charge >= 0.3 is 0 Å². The first kappa shape index (κ1) is 16.8. The van der Waals surface area contributed by atoms with E-state index in [4.69, 9.17) is 9.97 Å². The van der Waals surface area contributed by atoms with Crippen molar-refractivity contribution in [2.75, 3.05) is 23.3 Å². The third kappa shape index (κ3) is 3.11. The van der Waals surface area contributed by atoms with Crippen molar-refractivity contribution in [3.63, 3.8) is 0 Å². The van der Waals surface area contributed by atoms with E-state index < -0.39 is 0 Å². The Kier molecular flexibility index (Phi) is 4.05. The van der Waals surface area contributed by atoms with Gasteiger partial charge in [0.05, 0.1) is 17.1 Å². The van der Waals surface area contributed by atoms with Gasteiger partial charge in [-0.25, -0.2) is 4.68 Å². The van der Waals surface area contributed by atoms with Gasteiger partial charge in [-0.2, -0.15) is 15.1 Å². The molecule has 0 aliphatic carbocycles. The average Bonchev–Trinajstić information content (AvgIpc) is 3.24. The number of aryl methyl sites for hydroxylation is 1. The number of nitrogens with zero attached hydrogens (tertiary/aromatic N) is 5. The van der Waals surface area contributed by atoms with Crippen molar-refractivity contribution < 1.29 is 0 Å². The highest BCUT2D eigenvalue weighted by Gasteiger charge is 2.23. The topological polar surface area (TPSA) is 58.9 Å². The molecule has 1 aromatic carbocycles.